The summed E-state index contributed by atoms with van der Waals surface area (Å²) in [5.74, 6) is 0. The van der Waals surface area contributed by atoms with Crippen LogP contribution in [0.1, 0.15) is 17.7 Å². The zero-order valence-electron chi connectivity index (χ0n) is 8.94. The van der Waals surface area contributed by atoms with Gasteiger partial charge in [-0.05, 0) is 36.9 Å². The molecule has 82 valence electrons. The van der Waals surface area contributed by atoms with Crippen molar-refractivity contribution < 1.29 is 0 Å². The summed E-state index contributed by atoms with van der Waals surface area (Å²) in [6, 6.07) is 1.85. The maximum absolute atomic E-state index is 5.80. The van der Waals surface area contributed by atoms with E-state index < -0.39 is 0 Å². The van der Waals surface area contributed by atoms with E-state index in [1.165, 1.54) is 17.7 Å². The van der Waals surface area contributed by atoms with Gasteiger partial charge in [0.1, 0.15) is 5.69 Å². The second-order valence-electron chi connectivity index (χ2n) is 3.96. The molecule has 3 rings (SSSR count). The minimum atomic E-state index is 0.273. The first kappa shape index (κ1) is 9.78. The predicted octanol–water partition coefficient (Wildman–Crippen LogP) is 2.02. The molecule has 0 N–H and O–H groups in total. The smallest absolute Gasteiger partial charge is 0.222 e. The summed E-state index contributed by atoms with van der Waals surface area (Å²) < 4.78 is 1.95. The van der Waals surface area contributed by atoms with Crippen LogP contribution in [0.4, 0.5) is 0 Å². The number of aryl methyl sites for hydroxylation is 1. The third-order valence-corrected chi connectivity index (χ3v) is 3.17. The molecule has 2 aromatic heterocycles. The summed E-state index contributed by atoms with van der Waals surface area (Å²) in [4.78, 5) is 8.10. The number of fused-ring (bicyclic) bond motifs is 1. The van der Waals surface area contributed by atoms with E-state index in [-0.39, 0.29) is 5.28 Å². The minimum absolute atomic E-state index is 0.273. The van der Waals surface area contributed by atoms with Gasteiger partial charge in [-0.15, -0.1) is 0 Å². The molecule has 2 heterocycles. The largest absolute Gasteiger partial charge is 0.272 e. The van der Waals surface area contributed by atoms with Gasteiger partial charge in [0.05, 0.1) is 5.69 Å². The summed E-state index contributed by atoms with van der Waals surface area (Å²) in [5, 5.41) is 4.78. The van der Waals surface area contributed by atoms with Crippen molar-refractivity contribution in [2.75, 3.05) is 0 Å². The summed E-state index contributed by atoms with van der Waals surface area (Å²) in [6.45, 7) is 0. The Labute approximate surface area is 98.3 Å². The SMILES string of the molecule is Cn1nc(-c2ccnc(Cl)n2)c2c1CCC2. The lowest BCUT2D eigenvalue weighted by atomic mass is 10.1. The van der Waals surface area contributed by atoms with Crippen molar-refractivity contribution in [3.05, 3.63) is 28.8 Å². The molecule has 0 radical (unpaired) electrons. The Hall–Kier alpha value is -1.42. The van der Waals surface area contributed by atoms with Gasteiger partial charge in [-0.2, -0.15) is 5.10 Å². The van der Waals surface area contributed by atoms with E-state index >= 15 is 0 Å². The van der Waals surface area contributed by atoms with Gasteiger partial charge in [-0.1, -0.05) is 0 Å². The lowest BCUT2D eigenvalue weighted by molar-refractivity contribution is 0.708. The van der Waals surface area contributed by atoms with Crippen molar-refractivity contribution >= 4 is 11.6 Å². The minimum Gasteiger partial charge on any atom is -0.272 e. The van der Waals surface area contributed by atoms with Gasteiger partial charge < -0.3 is 0 Å². The second-order valence-corrected chi connectivity index (χ2v) is 4.30. The third kappa shape index (κ3) is 1.41. The maximum atomic E-state index is 5.80. The van der Waals surface area contributed by atoms with Gasteiger partial charge in [0.15, 0.2) is 0 Å². The molecule has 0 aromatic carbocycles. The summed E-state index contributed by atoms with van der Waals surface area (Å²) >= 11 is 5.80. The van der Waals surface area contributed by atoms with Crippen LogP contribution in [0.2, 0.25) is 5.28 Å². The van der Waals surface area contributed by atoms with E-state index in [0.29, 0.717) is 0 Å². The monoisotopic (exact) mass is 234 g/mol. The molecule has 0 spiro atoms. The van der Waals surface area contributed by atoms with Crippen molar-refractivity contribution in [3.8, 4) is 11.4 Å². The van der Waals surface area contributed by atoms with Gasteiger partial charge in [0, 0.05) is 24.5 Å². The Bertz CT molecular complexity index is 547. The molecular formula is C11H11ClN4. The molecule has 4 nitrogen and oxygen atoms in total. The Morgan fingerprint density at radius 1 is 1.38 bits per heavy atom. The van der Waals surface area contributed by atoms with Crippen LogP contribution < -0.4 is 0 Å². The molecule has 0 atom stereocenters. The third-order valence-electron chi connectivity index (χ3n) is 2.98. The van der Waals surface area contributed by atoms with Crippen LogP contribution >= 0.6 is 11.6 Å². The summed E-state index contributed by atoms with van der Waals surface area (Å²) in [5.41, 5.74) is 4.42. The van der Waals surface area contributed by atoms with E-state index in [9.17, 15) is 0 Å². The molecule has 1 aliphatic rings. The number of rotatable bonds is 1. The molecule has 0 saturated heterocycles. The van der Waals surface area contributed by atoms with Crippen LogP contribution in [0, 0.1) is 0 Å². The van der Waals surface area contributed by atoms with Crippen LogP contribution in [-0.4, -0.2) is 19.7 Å². The molecule has 16 heavy (non-hydrogen) atoms. The van der Waals surface area contributed by atoms with Crippen LogP contribution in [0.15, 0.2) is 12.3 Å². The first-order valence-electron chi connectivity index (χ1n) is 5.29. The molecule has 0 aliphatic heterocycles. The van der Waals surface area contributed by atoms with Gasteiger partial charge in [-0.25, -0.2) is 9.97 Å². The Balaban J connectivity index is 2.17. The van der Waals surface area contributed by atoms with E-state index in [0.717, 1.165) is 24.2 Å². The second kappa shape index (κ2) is 3.56. The first-order chi connectivity index (χ1) is 7.75. The lowest BCUT2D eigenvalue weighted by Crippen LogP contribution is -1.96. The Morgan fingerprint density at radius 3 is 3.06 bits per heavy atom. The number of hydrogen-bond acceptors (Lipinski definition) is 3. The first-order valence-corrected chi connectivity index (χ1v) is 5.67. The van der Waals surface area contributed by atoms with Crippen molar-refractivity contribution in [2.24, 2.45) is 7.05 Å². The number of hydrogen-bond donors (Lipinski definition) is 0. The van der Waals surface area contributed by atoms with Crippen LogP contribution in [0.3, 0.4) is 0 Å². The normalized spacial score (nSPS) is 14.1. The lowest BCUT2D eigenvalue weighted by Gasteiger charge is -1.98. The highest BCUT2D eigenvalue weighted by molar-refractivity contribution is 6.28. The van der Waals surface area contributed by atoms with Crippen molar-refractivity contribution in [2.45, 2.75) is 19.3 Å². The molecule has 0 saturated carbocycles. The van der Waals surface area contributed by atoms with E-state index in [1.807, 2.05) is 17.8 Å². The van der Waals surface area contributed by atoms with Gasteiger partial charge in [0.2, 0.25) is 5.28 Å². The van der Waals surface area contributed by atoms with Crippen LogP contribution in [0.5, 0.6) is 0 Å². The number of halogens is 1. The fourth-order valence-corrected chi connectivity index (χ4v) is 2.43. The quantitative estimate of drug-likeness (QED) is 0.709. The average molecular weight is 235 g/mol. The van der Waals surface area contributed by atoms with E-state index in [1.54, 1.807) is 6.20 Å². The summed E-state index contributed by atoms with van der Waals surface area (Å²) in [7, 11) is 1.98. The van der Waals surface area contributed by atoms with E-state index in [4.69, 9.17) is 11.6 Å². The zero-order chi connectivity index (χ0) is 11.1. The van der Waals surface area contributed by atoms with Crippen LogP contribution in [0.25, 0.3) is 11.4 Å². The number of aromatic nitrogens is 4. The molecule has 2 aromatic rings. The van der Waals surface area contributed by atoms with E-state index in [2.05, 4.69) is 15.1 Å². The molecule has 0 amide bonds. The van der Waals surface area contributed by atoms with Gasteiger partial charge in [-0.3, -0.25) is 4.68 Å². The Morgan fingerprint density at radius 2 is 2.25 bits per heavy atom. The molecule has 0 bridgehead atoms. The van der Waals surface area contributed by atoms with Gasteiger partial charge >= 0.3 is 0 Å². The number of nitrogens with zero attached hydrogens (tertiary/aromatic N) is 4. The average Bonchev–Trinajstić information content (AvgIpc) is 2.83. The maximum Gasteiger partial charge on any atom is 0.222 e. The van der Waals surface area contributed by atoms with Crippen molar-refractivity contribution in [1.29, 1.82) is 0 Å². The van der Waals surface area contributed by atoms with Crippen molar-refractivity contribution in [3.63, 3.8) is 0 Å². The molecule has 1 aliphatic carbocycles. The highest BCUT2D eigenvalue weighted by Gasteiger charge is 2.22. The molecule has 5 heteroatoms. The predicted molar refractivity (Wildman–Crippen MR) is 61.3 cm³/mol. The fraction of sp³-hybridized carbons (Fsp3) is 0.364. The summed E-state index contributed by atoms with van der Waals surface area (Å²) in [6.07, 6.45) is 5.06. The van der Waals surface area contributed by atoms with Gasteiger partial charge in [0.25, 0.3) is 0 Å². The zero-order valence-corrected chi connectivity index (χ0v) is 9.70. The van der Waals surface area contributed by atoms with Crippen molar-refractivity contribution in [1.82, 2.24) is 19.7 Å². The molecule has 0 unspecified atom stereocenters. The van der Waals surface area contributed by atoms with Crippen LogP contribution in [-0.2, 0) is 19.9 Å². The standard InChI is InChI=1S/C11H11ClN4/c1-16-9-4-2-3-7(9)10(15-16)8-5-6-13-11(12)14-8/h5-6H,2-4H2,1H3. The topological polar surface area (TPSA) is 43.6 Å². The molecule has 0 fully saturated rings. The highest BCUT2D eigenvalue weighted by atomic mass is 35.5. The highest BCUT2D eigenvalue weighted by Crippen LogP contribution is 2.30. The molecular weight excluding hydrogens is 224 g/mol. The fourth-order valence-electron chi connectivity index (χ4n) is 2.28. The Kier molecular flexibility index (Phi) is 2.17.